The molecule has 1 aromatic carbocycles. The number of carbonyl (C=O) groups is 1. The zero-order chi connectivity index (χ0) is 25.7. The molecule has 5 rings (SSSR count). The van der Waals surface area contributed by atoms with Crippen LogP contribution in [-0.2, 0) is 17.8 Å². The number of nitro groups is 1. The normalized spacial score (nSPS) is 13.6. The quantitative estimate of drug-likeness (QED) is 0.316. The first-order valence-electron chi connectivity index (χ1n) is 11.1. The fraction of sp³-hybridized carbons (Fsp3) is 0.250. The highest BCUT2D eigenvalue weighted by molar-refractivity contribution is 6.36. The fourth-order valence-electron chi connectivity index (χ4n) is 4.39. The maximum Gasteiger partial charge on any atom is 0.293 e. The van der Waals surface area contributed by atoms with Gasteiger partial charge >= 0.3 is 0 Å². The van der Waals surface area contributed by atoms with E-state index in [9.17, 15) is 14.9 Å². The molecule has 1 aliphatic heterocycles. The van der Waals surface area contributed by atoms with E-state index in [4.69, 9.17) is 11.6 Å². The van der Waals surface area contributed by atoms with Crippen molar-refractivity contribution in [3.63, 3.8) is 0 Å². The smallest absolute Gasteiger partial charge is 0.293 e. The Kier molecular flexibility index (Phi) is 5.79. The van der Waals surface area contributed by atoms with Crippen LogP contribution in [0.4, 0.5) is 21.7 Å². The topological polar surface area (TPSA) is 119 Å². The Balaban J connectivity index is 1.54. The summed E-state index contributed by atoms with van der Waals surface area (Å²) in [5.74, 6) is 0.245. The average Bonchev–Trinajstić information content (AvgIpc) is 3.14. The molecule has 10 nitrogen and oxygen atoms in total. The van der Waals surface area contributed by atoms with Crippen LogP contribution in [-0.4, -0.2) is 49.1 Å². The molecule has 1 amide bonds. The van der Waals surface area contributed by atoms with Crippen LogP contribution in [0.15, 0.2) is 30.6 Å². The van der Waals surface area contributed by atoms with Gasteiger partial charge < -0.3 is 10.2 Å². The van der Waals surface area contributed by atoms with Crippen LogP contribution in [0.3, 0.4) is 0 Å². The average molecular weight is 510 g/mol. The molecule has 0 spiro atoms. The summed E-state index contributed by atoms with van der Waals surface area (Å²) in [4.78, 5) is 33.3. The zero-order valence-electron chi connectivity index (χ0n) is 19.7. The van der Waals surface area contributed by atoms with Crippen molar-refractivity contribution in [2.75, 3.05) is 18.9 Å². The predicted molar refractivity (Wildman–Crippen MR) is 133 cm³/mol. The van der Waals surface area contributed by atoms with Gasteiger partial charge in [-0.15, -0.1) is 0 Å². The van der Waals surface area contributed by atoms with E-state index in [0.29, 0.717) is 40.9 Å². The summed E-state index contributed by atoms with van der Waals surface area (Å²) in [6.45, 7) is 3.86. The Morgan fingerprint density at radius 1 is 1.14 bits per heavy atom. The molecule has 0 fully saturated rings. The number of anilines is 2. The number of likely N-dealkylation sites (N-methyl/N-ethyl adjacent to an activating group) is 1. The number of carbonyl (C=O) groups excluding carboxylic acids is 1. The second-order valence-corrected chi connectivity index (χ2v) is 9.08. The van der Waals surface area contributed by atoms with E-state index >= 15 is 4.39 Å². The lowest BCUT2D eigenvalue weighted by atomic mass is 9.97. The highest BCUT2D eigenvalue weighted by Crippen LogP contribution is 2.38. The third kappa shape index (κ3) is 4.01. The number of hydrogen-bond acceptors (Lipinski definition) is 7. The fourth-order valence-corrected chi connectivity index (χ4v) is 4.65. The van der Waals surface area contributed by atoms with Gasteiger partial charge in [0.25, 0.3) is 5.69 Å². The summed E-state index contributed by atoms with van der Waals surface area (Å²) >= 11 is 6.35. The van der Waals surface area contributed by atoms with Crippen molar-refractivity contribution in [2.24, 2.45) is 0 Å². The van der Waals surface area contributed by atoms with Gasteiger partial charge in [-0.2, -0.15) is 5.10 Å². The van der Waals surface area contributed by atoms with E-state index in [2.05, 4.69) is 20.4 Å². The number of nitrogens with one attached hydrogen (secondary N) is 1. The Morgan fingerprint density at radius 3 is 2.67 bits per heavy atom. The minimum atomic E-state index is -0.706. The van der Waals surface area contributed by atoms with Crippen molar-refractivity contribution in [1.29, 1.82) is 0 Å². The lowest BCUT2D eigenvalue weighted by molar-refractivity contribution is -0.386. The molecule has 0 atom stereocenters. The molecule has 1 N–H and O–H groups in total. The molecule has 184 valence electrons. The zero-order valence-corrected chi connectivity index (χ0v) is 20.4. The standard InChI is InChI=1S/C24H21ClFN7O3/c1-12-17(9-27-13(2)24(12)33(35)36)16-6-14-7-19(28-10-18(14)22(25)23(16)26)29-20-8-15-4-5-31(3)21(34)11-32(15)30-20/h6-10H,4-5,11H2,1-3H3,(H,28,29,30). The van der Waals surface area contributed by atoms with Crippen LogP contribution in [0, 0.1) is 29.8 Å². The number of hydrogen-bond donors (Lipinski definition) is 1. The number of amides is 1. The number of fused-ring (bicyclic) bond motifs is 2. The predicted octanol–water partition coefficient (Wildman–Crippen LogP) is 4.57. The van der Waals surface area contributed by atoms with Gasteiger partial charge in [-0.1, -0.05) is 11.6 Å². The molecule has 12 heteroatoms. The Bertz CT molecular complexity index is 1570. The largest absolute Gasteiger partial charge is 0.344 e. The van der Waals surface area contributed by atoms with Crippen LogP contribution in [0.2, 0.25) is 5.02 Å². The molecule has 36 heavy (non-hydrogen) atoms. The summed E-state index contributed by atoms with van der Waals surface area (Å²) in [7, 11) is 1.77. The van der Waals surface area contributed by atoms with Gasteiger partial charge in [0.1, 0.15) is 23.9 Å². The van der Waals surface area contributed by atoms with Crippen LogP contribution in [0.5, 0.6) is 0 Å². The summed E-state index contributed by atoms with van der Waals surface area (Å²) in [6, 6.07) is 5.13. The number of pyridine rings is 2. The SMILES string of the molecule is Cc1ncc(-c2cc3cc(Nc4cc5n(n4)CC(=O)N(C)CC5)ncc3c(Cl)c2F)c(C)c1[N+](=O)[O-]. The molecule has 0 radical (unpaired) electrons. The number of halogens is 2. The number of rotatable bonds is 4. The first-order chi connectivity index (χ1) is 17.1. The highest BCUT2D eigenvalue weighted by atomic mass is 35.5. The van der Waals surface area contributed by atoms with E-state index in [1.54, 1.807) is 35.7 Å². The van der Waals surface area contributed by atoms with E-state index in [1.165, 1.54) is 19.3 Å². The molecule has 4 heterocycles. The maximum atomic E-state index is 15.3. The van der Waals surface area contributed by atoms with E-state index in [0.717, 1.165) is 5.69 Å². The van der Waals surface area contributed by atoms with Crippen molar-refractivity contribution in [3.8, 4) is 11.1 Å². The molecule has 0 saturated heterocycles. The first-order valence-corrected chi connectivity index (χ1v) is 11.5. The monoisotopic (exact) mass is 509 g/mol. The van der Waals surface area contributed by atoms with E-state index < -0.39 is 10.7 Å². The van der Waals surface area contributed by atoms with Crippen LogP contribution in [0.1, 0.15) is 17.0 Å². The first kappa shape index (κ1) is 23.6. The Morgan fingerprint density at radius 2 is 1.92 bits per heavy atom. The van der Waals surface area contributed by atoms with Gasteiger partial charge in [-0.05, 0) is 31.4 Å². The summed E-state index contributed by atoms with van der Waals surface area (Å²) in [5.41, 5.74) is 1.70. The van der Waals surface area contributed by atoms with Gasteiger partial charge in [-0.25, -0.2) is 9.37 Å². The molecule has 3 aromatic heterocycles. The Hall–Kier alpha value is -4.12. The molecular weight excluding hydrogens is 489 g/mol. The lowest BCUT2D eigenvalue weighted by Crippen LogP contribution is -2.29. The van der Waals surface area contributed by atoms with Gasteiger partial charge in [0.2, 0.25) is 5.91 Å². The van der Waals surface area contributed by atoms with Crippen LogP contribution < -0.4 is 5.32 Å². The van der Waals surface area contributed by atoms with Crippen molar-refractivity contribution in [3.05, 3.63) is 68.5 Å². The van der Waals surface area contributed by atoms with E-state index in [-0.39, 0.29) is 40.0 Å². The minimum Gasteiger partial charge on any atom is -0.344 e. The maximum absolute atomic E-state index is 15.3. The van der Waals surface area contributed by atoms with Crippen LogP contribution >= 0.6 is 11.6 Å². The van der Waals surface area contributed by atoms with Gasteiger partial charge in [0.05, 0.1) is 9.95 Å². The van der Waals surface area contributed by atoms with Crippen molar-refractivity contribution < 1.29 is 14.1 Å². The number of aryl methyl sites for hydroxylation is 1. The van der Waals surface area contributed by atoms with Crippen molar-refractivity contribution in [1.82, 2.24) is 24.6 Å². The molecule has 0 aliphatic carbocycles. The van der Waals surface area contributed by atoms with Crippen molar-refractivity contribution >= 4 is 45.6 Å². The lowest BCUT2D eigenvalue weighted by Gasteiger charge is -2.13. The van der Waals surface area contributed by atoms with E-state index in [1.807, 2.05) is 6.07 Å². The second kappa shape index (κ2) is 8.83. The summed E-state index contributed by atoms with van der Waals surface area (Å²) in [5, 5.41) is 20.0. The molecule has 0 bridgehead atoms. The molecular formula is C24H21ClFN7O3. The Labute approximate surface area is 209 Å². The van der Waals surface area contributed by atoms with Crippen molar-refractivity contribution in [2.45, 2.75) is 26.8 Å². The molecule has 1 aliphatic rings. The minimum absolute atomic E-state index is 0.0162. The summed E-state index contributed by atoms with van der Waals surface area (Å²) < 4.78 is 17.0. The van der Waals surface area contributed by atoms with Crippen LogP contribution in [0.25, 0.3) is 21.9 Å². The van der Waals surface area contributed by atoms with Gasteiger partial charge in [0.15, 0.2) is 5.82 Å². The molecule has 4 aromatic rings. The summed E-state index contributed by atoms with van der Waals surface area (Å²) in [6.07, 6.45) is 3.54. The number of aromatic nitrogens is 4. The third-order valence-electron chi connectivity index (χ3n) is 6.40. The third-order valence-corrected chi connectivity index (χ3v) is 6.77. The number of benzene rings is 1. The second-order valence-electron chi connectivity index (χ2n) is 8.70. The van der Waals surface area contributed by atoms with Gasteiger partial charge in [-0.3, -0.25) is 24.6 Å². The molecule has 0 saturated carbocycles. The molecule has 0 unspecified atom stereocenters. The number of nitrogens with zero attached hydrogens (tertiary/aromatic N) is 6. The highest BCUT2D eigenvalue weighted by Gasteiger charge is 2.24. The van der Waals surface area contributed by atoms with Gasteiger partial charge in [0, 0.05) is 66.2 Å².